The molecule has 0 aliphatic carbocycles. The van der Waals surface area contributed by atoms with Crippen LogP contribution in [0.3, 0.4) is 0 Å². The number of hydrogen-bond donors (Lipinski definition) is 1. The molecule has 2 rings (SSSR count). The van der Waals surface area contributed by atoms with Gasteiger partial charge in [-0.1, -0.05) is 38.8 Å². The molecule has 0 aromatic carbocycles. The number of aliphatic hydroxyl groups excluding tert-OH is 1. The molecule has 0 amide bonds. The van der Waals surface area contributed by atoms with Crippen molar-refractivity contribution in [2.24, 2.45) is 13.0 Å². The van der Waals surface area contributed by atoms with E-state index in [9.17, 15) is 14.7 Å². The summed E-state index contributed by atoms with van der Waals surface area (Å²) in [6.45, 7) is 6.29. The second-order valence-electron chi connectivity index (χ2n) is 6.52. The van der Waals surface area contributed by atoms with Crippen molar-refractivity contribution in [1.29, 1.82) is 0 Å². The van der Waals surface area contributed by atoms with Gasteiger partial charge in [0.15, 0.2) is 0 Å². The van der Waals surface area contributed by atoms with E-state index < -0.39 is 11.7 Å². The van der Waals surface area contributed by atoms with Crippen molar-refractivity contribution in [2.45, 2.75) is 52.7 Å². The predicted octanol–water partition coefficient (Wildman–Crippen LogP) is 2.63. The molecule has 24 heavy (non-hydrogen) atoms. The lowest BCUT2D eigenvalue weighted by Crippen LogP contribution is -2.39. The fraction of sp³-hybridized carbons (Fsp3) is 0.588. The number of nitrogens with zero attached hydrogens (tertiary/aromatic N) is 3. The van der Waals surface area contributed by atoms with E-state index in [0.717, 1.165) is 12.8 Å². The van der Waals surface area contributed by atoms with Crippen molar-refractivity contribution in [3.8, 4) is 0 Å². The van der Waals surface area contributed by atoms with Crippen LogP contribution in [0.5, 0.6) is 0 Å². The van der Waals surface area contributed by atoms with E-state index in [1.165, 1.54) is 15.3 Å². The molecule has 0 saturated heterocycles. The lowest BCUT2D eigenvalue weighted by atomic mass is 9.98. The molecule has 6 nitrogen and oxygen atoms in total. The standard InChI is InChI=1S/C17H24ClN3O3/c1-5-6-7-21-16(23)13-11(20(4)17(21)24)9-19-15(18)14(13)12(22)8-10(2)3/h9-10,12,22H,5-8H2,1-4H3. The molecule has 0 radical (unpaired) electrons. The predicted molar refractivity (Wildman–Crippen MR) is 95.6 cm³/mol. The normalized spacial score (nSPS) is 13.0. The van der Waals surface area contributed by atoms with Crippen molar-refractivity contribution in [2.75, 3.05) is 0 Å². The lowest BCUT2D eigenvalue weighted by molar-refractivity contribution is 0.152. The monoisotopic (exact) mass is 353 g/mol. The second-order valence-corrected chi connectivity index (χ2v) is 6.88. The van der Waals surface area contributed by atoms with Gasteiger partial charge in [-0.3, -0.25) is 13.9 Å². The van der Waals surface area contributed by atoms with Gasteiger partial charge in [0.05, 0.1) is 23.2 Å². The van der Waals surface area contributed by atoms with E-state index in [1.54, 1.807) is 7.05 Å². The third-order valence-corrected chi connectivity index (χ3v) is 4.45. The summed E-state index contributed by atoms with van der Waals surface area (Å²) in [4.78, 5) is 29.4. The Hall–Kier alpha value is -1.66. The third-order valence-electron chi connectivity index (χ3n) is 4.15. The Morgan fingerprint density at radius 3 is 2.58 bits per heavy atom. The van der Waals surface area contributed by atoms with Crippen molar-refractivity contribution in [3.05, 3.63) is 37.8 Å². The van der Waals surface area contributed by atoms with E-state index in [-0.39, 0.29) is 22.1 Å². The fourth-order valence-electron chi connectivity index (χ4n) is 2.86. The third kappa shape index (κ3) is 3.39. The Kier molecular flexibility index (Phi) is 5.83. The first-order chi connectivity index (χ1) is 11.3. The van der Waals surface area contributed by atoms with Crippen LogP contribution in [0.15, 0.2) is 15.8 Å². The zero-order valence-electron chi connectivity index (χ0n) is 14.5. The summed E-state index contributed by atoms with van der Waals surface area (Å²) in [5.74, 6) is 0.223. The SMILES string of the molecule is CCCCn1c(=O)c2c(C(O)CC(C)C)c(Cl)ncc2n(C)c1=O. The largest absolute Gasteiger partial charge is 0.388 e. The molecular weight excluding hydrogens is 330 g/mol. The average molecular weight is 354 g/mol. The number of unbranched alkanes of at least 4 members (excludes halogenated alkanes) is 1. The summed E-state index contributed by atoms with van der Waals surface area (Å²) in [7, 11) is 1.60. The first-order valence-corrected chi connectivity index (χ1v) is 8.63. The van der Waals surface area contributed by atoms with Crippen LogP contribution in [-0.2, 0) is 13.6 Å². The second kappa shape index (κ2) is 7.49. The van der Waals surface area contributed by atoms with Gasteiger partial charge < -0.3 is 5.11 Å². The molecule has 0 aliphatic heterocycles. The Bertz CT molecular complexity index is 855. The van der Waals surface area contributed by atoms with Crippen molar-refractivity contribution in [1.82, 2.24) is 14.1 Å². The Labute approximate surface area is 145 Å². The minimum atomic E-state index is -0.904. The highest BCUT2D eigenvalue weighted by Crippen LogP contribution is 2.30. The Balaban J connectivity index is 2.83. The minimum absolute atomic E-state index is 0.105. The van der Waals surface area contributed by atoms with Crippen molar-refractivity contribution < 1.29 is 5.11 Å². The average Bonchev–Trinajstić information content (AvgIpc) is 2.51. The molecule has 0 fully saturated rings. The van der Waals surface area contributed by atoms with E-state index in [4.69, 9.17) is 11.6 Å². The van der Waals surface area contributed by atoms with Crippen LogP contribution in [0.2, 0.25) is 5.15 Å². The maximum Gasteiger partial charge on any atom is 0.331 e. The minimum Gasteiger partial charge on any atom is -0.388 e. The van der Waals surface area contributed by atoms with Gasteiger partial charge in [-0.25, -0.2) is 9.78 Å². The van der Waals surface area contributed by atoms with Crippen LogP contribution in [0.4, 0.5) is 0 Å². The van der Waals surface area contributed by atoms with Gasteiger partial charge in [-0.15, -0.1) is 0 Å². The highest BCUT2D eigenvalue weighted by molar-refractivity contribution is 6.31. The van der Waals surface area contributed by atoms with Crippen molar-refractivity contribution in [3.63, 3.8) is 0 Å². The maximum atomic E-state index is 12.9. The summed E-state index contributed by atoms with van der Waals surface area (Å²) in [5.41, 5.74) is -0.0910. The van der Waals surface area contributed by atoms with E-state index in [0.29, 0.717) is 24.0 Å². The number of pyridine rings is 1. The topological polar surface area (TPSA) is 77.1 Å². The van der Waals surface area contributed by atoms with Gasteiger partial charge in [0.2, 0.25) is 0 Å². The smallest absolute Gasteiger partial charge is 0.331 e. The first-order valence-electron chi connectivity index (χ1n) is 8.25. The zero-order chi connectivity index (χ0) is 18.0. The molecule has 0 spiro atoms. The number of aromatic nitrogens is 3. The molecule has 2 aromatic heterocycles. The molecule has 2 aromatic rings. The molecule has 0 bridgehead atoms. The molecule has 7 heteroatoms. The molecule has 132 valence electrons. The molecule has 0 saturated carbocycles. The molecular formula is C17H24ClN3O3. The summed E-state index contributed by atoms with van der Waals surface area (Å²) < 4.78 is 2.61. The van der Waals surface area contributed by atoms with Gasteiger partial charge in [-0.2, -0.15) is 0 Å². The van der Waals surface area contributed by atoms with Crippen LogP contribution >= 0.6 is 11.6 Å². The van der Waals surface area contributed by atoms with Crippen molar-refractivity contribution >= 4 is 22.5 Å². The molecule has 0 aliphatic rings. The molecule has 2 heterocycles. The van der Waals surface area contributed by atoms with E-state index in [1.807, 2.05) is 20.8 Å². The van der Waals surface area contributed by atoms with Crippen LogP contribution in [0.1, 0.15) is 51.7 Å². The summed E-state index contributed by atoms with van der Waals surface area (Å²) in [6, 6.07) is 0. The lowest BCUT2D eigenvalue weighted by Gasteiger charge is -2.18. The Morgan fingerprint density at radius 1 is 1.33 bits per heavy atom. The number of fused-ring (bicyclic) bond motifs is 1. The highest BCUT2D eigenvalue weighted by atomic mass is 35.5. The van der Waals surface area contributed by atoms with Gasteiger partial charge >= 0.3 is 5.69 Å². The van der Waals surface area contributed by atoms with Gasteiger partial charge in [0.25, 0.3) is 5.56 Å². The maximum absolute atomic E-state index is 12.9. The fourth-order valence-corrected chi connectivity index (χ4v) is 3.13. The number of aliphatic hydroxyl groups is 1. The van der Waals surface area contributed by atoms with Crippen LogP contribution in [-0.4, -0.2) is 19.2 Å². The number of halogens is 1. The molecule has 1 atom stereocenters. The van der Waals surface area contributed by atoms with E-state index >= 15 is 0 Å². The zero-order valence-corrected chi connectivity index (χ0v) is 15.3. The summed E-state index contributed by atoms with van der Waals surface area (Å²) in [5, 5.41) is 10.9. The van der Waals surface area contributed by atoms with E-state index in [2.05, 4.69) is 4.98 Å². The van der Waals surface area contributed by atoms with Gasteiger partial charge in [-0.05, 0) is 18.8 Å². The van der Waals surface area contributed by atoms with Gasteiger partial charge in [0.1, 0.15) is 5.15 Å². The van der Waals surface area contributed by atoms with Crippen LogP contribution < -0.4 is 11.2 Å². The quantitative estimate of drug-likeness (QED) is 0.810. The van der Waals surface area contributed by atoms with Crippen LogP contribution in [0.25, 0.3) is 10.9 Å². The molecule has 1 unspecified atom stereocenters. The number of hydrogen-bond acceptors (Lipinski definition) is 4. The summed E-state index contributed by atoms with van der Waals surface area (Å²) in [6.07, 6.45) is 2.56. The van der Waals surface area contributed by atoms with Crippen LogP contribution in [0, 0.1) is 5.92 Å². The Morgan fingerprint density at radius 2 is 2.00 bits per heavy atom. The van der Waals surface area contributed by atoms with Gasteiger partial charge in [0, 0.05) is 19.2 Å². The highest BCUT2D eigenvalue weighted by Gasteiger charge is 2.23. The number of rotatable bonds is 6. The number of aryl methyl sites for hydroxylation is 1. The summed E-state index contributed by atoms with van der Waals surface area (Å²) >= 11 is 6.20. The molecule has 1 N–H and O–H groups in total. The first kappa shape index (κ1) is 18.7.